The van der Waals surface area contributed by atoms with Gasteiger partial charge in [0.2, 0.25) is 5.91 Å². The molecule has 1 aliphatic heterocycles. The lowest BCUT2D eigenvalue weighted by Crippen LogP contribution is -2.39. The van der Waals surface area contributed by atoms with Crippen molar-refractivity contribution < 1.29 is 23.8 Å². The van der Waals surface area contributed by atoms with Gasteiger partial charge in [-0.05, 0) is 60.9 Å². The molecule has 1 N–H and O–H groups in total. The summed E-state index contributed by atoms with van der Waals surface area (Å²) in [7, 11) is 3.24. The Balaban J connectivity index is 1.46. The van der Waals surface area contributed by atoms with Crippen molar-refractivity contribution in [3.8, 4) is 17.2 Å². The molecule has 4 rings (SSSR count). The largest absolute Gasteiger partial charge is 0.497 e. The SMILES string of the molecule is COc1cccc(CC(=O)Nc2ccc3c(c2)CN(CCc2ccccc2OC)C(=O)[C@H](C)O3)c1. The van der Waals surface area contributed by atoms with Crippen LogP contribution in [0.3, 0.4) is 0 Å². The van der Waals surface area contributed by atoms with Crippen LogP contribution in [-0.4, -0.2) is 43.6 Å². The number of rotatable bonds is 8. The smallest absolute Gasteiger partial charge is 0.263 e. The van der Waals surface area contributed by atoms with Gasteiger partial charge in [0.15, 0.2) is 6.10 Å². The molecule has 0 saturated heterocycles. The fourth-order valence-electron chi connectivity index (χ4n) is 4.20. The van der Waals surface area contributed by atoms with Crippen LogP contribution >= 0.6 is 0 Å². The molecule has 0 saturated carbocycles. The number of amides is 2. The Bertz CT molecular complexity index is 1210. The molecule has 3 aromatic rings. The van der Waals surface area contributed by atoms with E-state index in [1.165, 1.54) is 0 Å². The molecule has 1 aliphatic rings. The molecule has 1 heterocycles. The normalized spacial score (nSPS) is 15.0. The maximum Gasteiger partial charge on any atom is 0.263 e. The molecule has 0 aromatic heterocycles. The molecular formula is C28H30N2O5. The number of para-hydroxylation sites is 1. The van der Waals surface area contributed by atoms with Crippen LogP contribution in [0.15, 0.2) is 66.7 Å². The first kappa shape index (κ1) is 24.1. The van der Waals surface area contributed by atoms with Crippen LogP contribution in [0, 0.1) is 0 Å². The zero-order valence-electron chi connectivity index (χ0n) is 20.2. The van der Waals surface area contributed by atoms with E-state index in [1.807, 2.05) is 60.7 Å². The molecule has 3 aromatic carbocycles. The van der Waals surface area contributed by atoms with Crippen molar-refractivity contribution in [2.24, 2.45) is 0 Å². The monoisotopic (exact) mass is 474 g/mol. The fourth-order valence-corrected chi connectivity index (χ4v) is 4.20. The number of nitrogens with one attached hydrogen (secondary N) is 1. The van der Waals surface area contributed by atoms with Gasteiger partial charge in [-0.2, -0.15) is 0 Å². The molecule has 35 heavy (non-hydrogen) atoms. The first-order valence-corrected chi connectivity index (χ1v) is 11.6. The lowest BCUT2D eigenvalue weighted by Gasteiger charge is -2.22. The van der Waals surface area contributed by atoms with Crippen molar-refractivity contribution in [2.45, 2.75) is 32.4 Å². The van der Waals surface area contributed by atoms with Gasteiger partial charge in [0.25, 0.3) is 5.91 Å². The first-order chi connectivity index (χ1) is 17.0. The Morgan fingerprint density at radius 2 is 1.89 bits per heavy atom. The average molecular weight is 475 g/mol. The molecule has 7 heteroatoms. The van der Waals surface area contributed by atoms with E-state index >= 15 is 0 Å². The number of hydrogen-bond donors (Lipinski definition) is 1. The number of ether oxygens (including phenoxy) is 3. The summed E-state index contributed by atoms with van der Waals surface area (Å²) in [4.78, 5) is 27.4. The van der Waals surface area contributed by atoms with Gasteiger partial charge in [-0.25, -0.2) is 0 Å². The van der Waals surface area contributed by atoms with Gasteiger partial charge >= 0.3 is 0 Å². The summed E-state index contributed by atoms with van der Waals surface area (Å²) < 4.78 is 16.6. The second-order valence-electron chi connectivity index (χ2n) is 8.48. The summed E-state index contributed by atoms with van der Waals surface area (Å²) in [5, 5.41) is 2.95. The van der Waals surface area contributed by atoms with Gasteiger partial charge < -0.3 is 24.4 Å². The highest BCUT2D eigenvalue weighted by Gasteiger charge is 2.28. The molecule has 0 spiro atoms. The summed E-state index contributed by atoms with van der Waals surface area (Å²) in [6.45, 7) is 2.68. The number of carbonyl (C=O) groups excluding carboxylic acids is 2. The minimum Gasteiger partial charge on any atom is -0.497 e. The van der Waals surface area contributed by atoms with Crippen molar-refractivity contribution >= 4 is 17.5 Å². The Hall–Kier alpha value is -4.00. The molecule has 7 nitrogen and oxygen atoms in total. The summed E-state index contributed by atoms with van der Waals surface area (Å²) in [6, 6.07) is 20.7. The van der Waals surface area contributed by atoms with E-state index in [1.54, 1.807) is 32.1 Å². The topological polar surface area (TPSA) is 77.1 Å². The summed E-state index contributed by atoms with van der Waals surface area (Å²) >= 11 is 0. The molecule has 2 amide bonds. The van der Waals surface area contributed by atoms with E-state index < -0.39 is 6.10 Å². The van der Waals surface area contributed by atoms with E-state index in [4.69, 9.17) is 14.2 Å². The second-order valence-corrected chi connectivity index (χ2v) is 8.48. The van der Waals surface area contributed by atoms with Crippen LogP contribution in [0.4, 0.5) is 5.69 Å². The predicted octanol–water partition coefficient (Wildman–Crippen LogP) is 4.24. The van der Waals surface area contributed by atoms with Gasteiger partial charge in [0, 0.05) is 24.3 Å². The van der Waals surface area contributed by atoms with E-state index in [0.29, 0.717) is 36.7 Å². The average Bonchev–Trinajstić information content (AvgIpc) is 2.98. The Morgan fingerprint density at radius 3 is 2.69 bits per heavy atom. The number of carbonyl (C=O) groups is 2. The minimum atomic E-state index is -0.595. The third-order valence-corrected chi connectivity index (χ3v) is 6.01. The maximum absolute atomic E-state index is 13.0. The third kappa shape index (κ3) is 5.93. The standard InChI is InChI=1S/C28H30N2O5/c1-19-28(32)30(14-13-21-8-4-5-10-25(21)34-3)18-22-17-23(11-12-26(22)35-19)29-27(31)16-20-7-6-9-24(15-20)33-2/h4-12,15,17,19H,13-14,16,18H2,1-3H3,(H,29,31)/t19-/m0/s1. The molecule has 0 aliphatic carbocycles. The van der Waals surface area contributed by atoms with E-state index in [9.17, 15) is 9.59 Å². The minimum absolute atomic E-state index is 0.0697. The lowest BCUT2D eigenvalue weighted by molar-refractivity contribution is -0.137. The highest BCUT2D eigenvalue weighted by atomic mass is 16.5. The van der Waals surface area contributed by atoms with Crippen molar-refractivity contribution in [1.29, 1.82) is 0 Å². The van der Waals surface area contributed by atoms with Crippen LogP contribution in [-0.2, 0) is 29.0 Å². The van der Waals surface area contributed by atoms with E-state index in [-0.39, 0.29) is 18.2 Å². The summed E-state index contributed by atoms with van der Waals surface area (Å²) in [5.41, 5.74) is 3.41. The Morgan fingerprint density at radius 1 is 1.06 bits per heavy atom. The lowest BCUT2D eigenvalue weighted by atomic mass is 10.1. The van der Waals surface area contributed by atoms with Crippen molar-refractivity contribution in [3.05, 3.63) is 83.4 Å². The van der Waals surface area contributed by atoms with Crippen molar-refractivity contribution in [2.75, 3.05) is 26.1 Å². The van der Waals surface area contributed by atoms with Crippen molar-refractivity contribution in [1.82, 2.24) is 4.90 Å². The molecule has 182 valence electrons. The second kappa shape index (κ2) is 11.0. The highest BCUT2D eigenvalue weighted by molar-refractivity contribution is 5.92. The zero-order valence-corrected chi connectivity index (χ0v) is 20.2. The van der Waals surface area contributed by atoms with Crippen LogP contribution in [0.25, 0.3) is 0 Å². The van der Waals surface area contributed by atoms with Crippen LogP contribution < -0.4 is 19.5 Å². The van der Waals surface area contributed by atoms with Gasteiger partial charge in [0.05, 0.1) is 20.6 Å². The number of hydrogen-bond acceptors (Lipinski definition) is 5. The third-order valence-electron chi connectivity index (χ3n) is 6.01. The van der Waals surface area contributed by atoms with Gasteiger partial charge in [-0.3, -0.25) is 9.59 Å². The van der Waals surface area contributed by atoms with Gasteiger partial charge in [-0.15, -0.1) is 0 Å². The van der Waals surface area contributed by atoms with E-state index in [2.05, 4.69) is 5.32 Å². The number of benzene rings is 3. The van der Waals surface area contributed by atoms with E-state index in [0.717, 1.165) is 22.4 Å². The number of anilines is 1. The zero-order chi connectivity index (χ0) is 24.8. The molecule has 0 fully saturated rings. The predicted molar refractivity (Wildman–Crippen MR) is 134 cm³/mol. The number of fused-ring (bicyclic) bond motifs is 1. The van der Waals surface area contributed by atoms with Gasteiger partial charge in [-0.1, -0.05) is 30.3 Å². The Labute approximate surface area is 205 Å². The molecule has 0 bridgehead atoms. The molecule has 0 unspecified atom stereocenters. The molecule has 0 radical (unpaired) electrons. The Kier molecular flexibility index (Phi) is 7.55. The van der Waals surface area contributed by atoms with Crippen molar-refractivity contribution in [3.63, 3.8) is 0 Å². The molecule has 1 atom stereocenters. The fraction of sp³-hybridized carbons (Fsp3) is 0.286. The first-order valence-electron chi connectivity index (χ1n) is 11.6. The van der Waals surface area contributed by atoms with Gasteiger partial charge in [0.1, 0.15) is 17.2 Å². The number of methoxy groups -OCH3 is 2. The van der Waals surface area contributed by atoms with Crippen LogP contribution in [0.2, 0.25) is 0 Å². The quantitative estimate of drug-likeness (QED) is 0.529. The summed E-state index contributed by atoms with van der Waals surface area (Å²) in [6.07, 6.45) is 0.294. The molecular weight excluding hydrogens is 444 g/mol. The highest BCUT2D eigenvalue weighted by Crippen LogP contribution is 2.29. The van der Waals surface area contributed by atoms with Crippen LogP contribution in [0.1, 0.15) is 23.6 Å². The number of nitrogens with zero attached hydrogens (tertiary/aromatic N) is 1. The summed E-state index contributed by atoms with van der Waals surface area (Å²) in [5.74, 6) is 1.96. The van der Waals surface area contributed by atoms with Crippen LogP contribution in [0.5, 0.6) is 17.2 Å². The maximum atomic E-state index is 13.0.